The zero-order chi connectivity index (χ0) is 21.1. The van der Waals surface area contributed by atoms with Crippen LogP contribution in [0, 0.1) is 5.82 Å². The van der Waals surface area contributed by atoms with Gasteiger partial charge in [0.2, 0.25) is 12.3 Å². The number of carbonyl (C=O) groups excluding carboxylic acids is 2. The van der Waals surface area contributed by atoms with Crippen LogP contribution in [-0.4, -0.2) is 28.8 Å². The van der Waals surface area contributed by atoms with Crippen molar-refractivity contribution in [3.05, 3.63) is 106 Å². The number of hydrazine groups is 1. The third-order valence-corrected chi connectivity index (χ3v) is 5.08. The number of hydrogen-bond acceptors (Lipinski definition) is 2. The Bertz CT molecular complexity index is 1100. The summed E-state index contributed by atoms with van der Waals surface area (Å²) in [6.07, 6.45) is 1.70. The van der Waals surface area contributed by atoms with Crippen LogP contribution < -0.4 is 10.7 Å². The fourth-order valence-corrected chi connectivity index (χ4v) is 3.49. The van der Waals surface area contributed by atoms with E-state index >= 15 is 0 Å². The molecule has 1 fully saturated rings. The van der Waals surface area contributed by atoms with Crippen molar-refractivity contribution in [3.63, 3.8) is 0 Å². The molecule has 1 heterocycles. The Morgan fingerprint density at radius 3 is 2.33 bits per heavy atom. The molecule has 1 aliphatic rings. The van der Waals surface area contributed by atoms with E-state index in [-0.39, 0.29) is 17.6 Å². The number of carbonyl (C=O) groups is 2. The summed E-state index contributed by atoms with van der Waals surface area (Å²) in [5.41, 5.74) is 4.73. The van der Waals surface area contributed by atoms with Crippen molar-refractivity contribution in [2.24, 2.45) is 0 Å². The van der Waals surface area contributed by atoms with E-state index in [1.807, 2.05) is 6.07 Å². The smallest absolute Gasteiger partial charge is 0.304 e. The molecule has 0 radical (unpaired) electrons. The number of hydrazone groups is 1. The summed E-state index contributed by atoms with van der Waals surface area (Å²) in [7, 11) is 0. The second-order valence-electron chi connectivity index (χ2n) is 6.88. The molecular formula is C23H18ClFN3O2+. The molecule has 1 saturated heterocycles. The van der Waals surface area contributed by atoms with E-state index in [4.69, 9.17) is 11.6 Å². The lowest BCUT2D eigenvalue weighted by atomic mass is 10.00. The van der Waals surface area contributed by atoms with Gasteiger partial charge < -0.3 is 5.32 Å². The van der Waals surface area contributed by atoms with Crippen LogP contribution in [-0.2, 0) is 4.79 Å². The van der Waals surface area contributed by atoms with Gasteiger partial charge in [0.05, 0.1) is 0 Å². The van der Waals surface area contributed by atoms with E-state index in [2.05, 4.69) is 10.7 Å². The normalized spacial score (nSPS) is 19.5. The van der Waals surface area contributed by atoms with Crippen molar-refractivity contribution in [3.8, 4) is 0 Å². The molecule has 3 aromatic rings. The first-order valence-corrected chi connectivity index (χ1v) is 9.70. The van der Waals surface area contributed by atoms with Crippen molar-refractivity contribution >= 4 is 29.6 Å². The number of amides is 2. The molecule has 2 N–H and O–H groups in total. The maximum absolute atomic E-state index is 13.3. The lowest BCUT2D eigenvalue weighted by molar-refractivity contribution is -0.596. The molecule has 0 spiro atoms. The third kappa shape index (κ3) is 4.23. The van der Waals surface area contributed by atoms with E-state index in [1.54, 1.807) is 71.6 Å². The first kappa shape index (κ1) is 19.8. The maximum atomic E-state index is 13.3. The summed E-state index contributed by atoms with van der Waals surface area (Å²) in [6.45, 7) is 0. The summed E-state index contributed by atoms with van der Waals surface area (Å²) in [6, 6.07) is 20.3. The van der Waals surface area contributed by atoms with Gasteiger partial charge in [-0.15, -0.1) is 10.1 Å². The van der Waals surface area contributed by atoms with Crippen LogP contribution >= 0.6 is 11.6 Å². The molecule has 0 aromatic heterocycles. The van der Waals surface area contributed by atoms with E-state index in [0.717, 1.165) is 5.56 Å². The molecular weight excluding hydrogens is 405 g/mol. The van der Waals surface area contributed by atoms with E-state index < -0.39 is 12.1 Å². The quantitative estimate of drug-likeness (QED) is 0.632. The molecule has 150 valence electrons. The molecule has 30 heavy (non-hydrogen) atoms. The molecule has 7 heteroatoms. The minimum Gasteiger partial charge on any atom is -0.334 e. The van der Waals surface area contributed by atoms with Crippen molar-refractivity contribution in [2.75, 3.05) is 0 Å². The van der Waals surface area contributed by atoms with Crippen molar-refractivity contribution in [1.29, 1.82) is 0 Å². The average Bonchev–Trinajstić information content (AvgIpc) is 3.05. The van der Waals surface area contributed by atoms with Gasteiger partial charge in [0, 0.05) is 21.7 Å². The molecule has 0 unspecified atom stereocenters. The van der Waals surface area contributed by atoms with Crippen LogP contribution in [0.5, 0.6) is 0 Å². The van der Waals surface area contributed by atoms with Crippen LogP contribution in [0.1, 0.15) is 27.5 Å². The van der Waals surface area contributed by atoms with Crippen LogP contribution in [0.4, 0.5) is 4.39 Å². The number of nitrogens with zero attached hydrogens (tertiary/aromatic N) is 1. The molecule has 2 atom stereocenters. The molecule has 4 rings (SSSR count). The lowest BCUT2D eigenvalue weighted by Crippen LogP contribution is -2.42. The van der Waals surface area contributed by atoms with Crippen molar-refractivity contribution in [1.82, 2.24) is 10.7 Å². The van der Waals surface area contributed by atoms with E-state index in [0.29, 0.717) is 16.1 Å². The highest BCUT2D eigenvalue weighted by Gasteiger charge is 2.47. The van der Waals surface area contributed by atoms with Crippen molar-refractivity contribution < 1.29 is 18.7 Å². The van der Waals surface area contributed by atoms with E-state index in [1.165, 1.54) is 12.1 Å². The van der Waals surface area contributed by atoms with Crippen molar-refractivity contribution in [2.45, 2.75) is 12.1 Å². The van der Waals surface area contributed by atoms with E-state index in [9.17, 15) is 14.0 Å². The van der Waals surface area contributed by atoms with Gasteiger partial charge in [-0.25, -0.2) is 4.39 Å². The fraction of sp³-hybridized carbons (Fsp3) is 0.0870. The van der Waals surface area contributed by atoms with Gasteiger partial charge in [-0.1, -0.05) is 41.9 Å². The molecule has 2 amide bonds. The summed E-state index contributed by atoms with van der Waals surface area (Å²) in [5, 5.41) is 3.39. The highest BCUT2D eigenvalue weighted by Crippen LogP contribution is 2.26. The monoisotopic (exact) mass is 422 g/mol. The minimum atomic E-state index is -0.837. The Balaban J connectivity index is 1.70. The topological polar surface area (TPSA) is 61.2 Å². The zero-order valence-corrected chi connectivity index (χ0v) is 16.5. The predicted molar refractivity (Wildman–Crippen MR) is 112 cm³/mol. The molecule has 3 aromatic carbocycles. The zero-order valence-electron chi connectivity index (χ0n) is 15.8. The summed E-state index contributed by atoms with van der Waals surface area (Å²) >= 11 is 6.02. The Kier molecular flexibility index (Phi) is 5.59. The Hall–Kier alpha value is -3.51. The van der Waals surface area contributed by atoms with Gasteiger partial charge in [-0.2, -0.15) is 0 Å². The van der Waals surface area contributed by atoms with Gasteiger partial charge in [0.15, 0.2) is 6.04 Å². The lowest BCUT2D eigenvalue weighted by Gasteiger charge is -2.14. The average molecular weight is 423 g/mol. The Labute approximate surface area is 177 Å². The first-order valence-electron chi connectivity index (χ1n) is 9.32. The number of rotatable bonds is 4. The second-order valence-corrected chi connectivity index (χ2v) is 7.31. The number of benzene rings is 3. The first-order chi connectivity index (χ1) is 14.5. The molecule has 0 bridgehead atoms. The summed E-state index contributed by atoms with van der Waals surface area (Å²) in [4.78, 5) is 25.5. The summed E-state index contributed by atoms with van der Waals surface area (Å²) < 4.78 is 14.9. The van der Waals surface area contributed by atoms with Crippen LogP contribution in [0.3, 0.4) is 0 Å². The molecule has 5 nitrogen and oxygen atoms in total. The van der Waals surface area contributed by atoms with Crippen LogP contribution in [0.15, 0.2) is 78.9 Å². The van der Waals surface area contributed by atoms with Gasteiger partial charge in [-0.3, -0.25) is 9.59 Å². The molecule has 0 aliphatic carbocycles. The number of hydrogen-bond donors (Lipinski definition) is 2. The van der Waals surface area contributed by atoms with Gasteiger partial charge in [0.25, 0.3) is 5.91 Å². The minimum absolute atomic E-state index is 0.347. The molecule has 1 aliphatic heterocycles. The predicted octanol–water partition coefficient (Wildman–Crippen LogP) is 3.50. The SMILES string of the molecule is O=C(N[C@H]1C(=O)N/[N+](=C\c2ccc(F)cc2)[C@@H]1c1ccc(Cl)cc1)c1ccccc1. The fourth-order valence-electron chi connectivity index (χ4n) is 3.36. The standard InChI is InChI=1S/C23H17ClFN3O2/c24-18-10-8-16(9-11-18)21-20(26-22(29)17-4-2-1-3-5-17)23(30)27-28(21)14-15-6-12-19(25)13-7-15/h1-14,20-21H,(H-,26,27,29,30)/p+1/b28-14-/t20-,21-/m1/s1. The molecule has 0 saturated carbocycles. The summed E-state index contributed by atoms with van der Waals surface area (Å²) in [5.74, 6) is -1.05. The highest BCUT2D eigenvalue weighted by molar-refractivity contribution is 6.30. The largest absolute Gasteiger partial charge is 0.334 e. The number of nitrogens with one attached hydrogen (secondary N) is 2. The van der Waals surface area contributed by atoms with Crippen LogP contribution in [0.25, 0.3) is 0 Å². The second kappa shape index (κ2) is 8.47. The van der Waals surface area contributed by atoms with Gasteiger partial charge in [0.1, 0.15) is 5.82 Å². The Morgan fingerprint density at radius 2 is 1.67 bits per heavy atom. The number of halogens is 2. The Morgan fingerprint density at radius 1 is 1.00 bits per heavy atom. The van der Waals surface area contributed by atoms with Gasteiger partial charge >= 0.3 is 5.91 Å². The van der Waals surface area contributed by atoms with Crippen LogP contribution in [0.2, 0.25) is 5.02 Å². The maximum Gasteiger partial charge on any atom is 0.304 e. The third-order valence-electron chi connectivity index (χ3n) is 4.83. The van der Waals surface area contributed by atoms with Gasteiger partial charge in [-0.05, 0) is 48.5 Å². The highest BCUT2D eigenvalue weighted by atomic mass is 35.5.